The Bertz CT molecular complexity index is 640. The number of ether oxygens (including phenoxy) is 1. The van der Waals surface area contributed by atoms with E-state index in [9.17, 15) is 9.00 Å². The van der Waals surface area contributed by atoms with Gasteiger partial charge in [0.2, 0.25) is 0 Å². The standard InChI is InChI=1S/C14H13NO4S/c1-19-12-4-2-3-5-13(12)20(18)9-11-7-6-10(8-15-11)14(16)17/h2-8H,9H2,1H3,(H,16,17). The Morgan fingerprint density at radius 2 is 2.05 bits per heavy atom. The minimum absolute atomic E-state index is 0.108. The fourth-order valence-electron chi connectivity index (χ4n) is 1.66. The third kappa shape index (κ3) is 3.21. The van der Waals surface area contributed by atoms with Crippen molar-refractivity contribution in [1.29, 1.82) is 0 Å². The summed E-state index contributed by atoms with van der Waals surface area (Å²) in [5.41, 5.74) is 0.677. The first-order valence-corrected chi connectivity index (χ1v) is 7.13. The summed E-state index contributed by atoms with van der Waals surface area (Å²) >= 11 is 0. The molecule has 0 radical (unpaired) electrons. The van der Waals surface area contributed by atoms with Crippen molar-refractivity contribution < 1.29 is 18.8 Å². The highest BCUT2D eigenvalue weighted by Crippen LogP contribution is 2.22. The molecule has 6 heteroatoms. The Morgan fingerprint density at radius 1 is 1.30 bits per heavy atom. The maximum Gasteiger partial charge on any atom is 0.337 e. The number of nitrogens with zero attached hydrogens (tertiary/aromatic N) is 1. The molecule has 2 aromatic rings. The molecule has 1 aromatic heterocycles. The van der Waals surface area contributed by atoms with Crippen LogP contribution in [0.1, 0.15) is 16.1 Å². The molecule has 1 atom stereocenters. The second kappa shape index (κ2) is 6.29. The highest BCUT2D eigenvalue weighted by atomic mass is 32.2. The summed E-state index contributed by atoms with van der Waals surface area (Å²) in [6, 6.07) is 10.1. The first-order valence-electron chi connectivity index (χ1n) is 5.81. The van der Waals surface area contributed by atoms with Gasteiger partial charge in [-0.05, 0) is 24.3 Å². The van der Waals surface area contributed by atoms with Gasteiger partial charge in [-0.2, -0.15) is 0 Å². The molecule has 5 nitrogen and oxygen atoms in total. The van der Waals surface area contributed by atoms with Crippen LogP contribution in [0.5, 0.6) is 5.75 Å². The molecule has 20 heavy (non-hydrogen) atoms. The SMILES string of the molecule is COc1ccccc1S(=O)Cc1ccc(C(=O)O)cn1. The van der Waals surface area contributed by atoms with Crippen LogP contribution in [0.3, 0.4) is 0 Å². The van der Waals surface area contributed by atoms with Gasteiger partial charge in [0.1, 0.15) is 5.75 Å². The molecule has 104 valence electrons. The van der Waals surface area contributed by atoms with Crippen molar-refractivity contribution in [2.24, 2.45) is 0 Å². The quantitative estimate of drug-likeness (QED) is 0.913. The molecule has 1 aromatic carbocycles. The molecular weight excluding hydrogens is 278 g/mol. The summed E-state index contributed by atoms with van der Waals surface area (Å²) in [4.78, 5) is 15.3. The van der Waals surface area contributed by atoms with Crippen molar-refractivity contribution in [3.8, 4) is 5.75 Å². The van der Waals surface area contributed by atoms with Gasteiger partial charge in [0, 0.05) is 6.20 Å². The lowest BCUT2D eigenvalue weighted by Crippen LogP contribution is -2.03. The number of hydrogen-bond acceptors (Lipinski definition) is 4. The lowest BCUT2D eigenvalue weighted by atomic mass is 10.2. The van der Waals surface area contributed by atoms with Gasteiger partial charge in [-0.15, -0.1) is 0 Å². The number of aromatic nitrogens is 1. The predicted molar refractivity (Wildman–Crippen MR) is 74.3 cm³/mol. The van der Waals surface area contributed by atoms with Crippen LogP contribution < -0.4 is 4.74 Å². The van der Waals surface area contributed by atoms with Crippen molar-refractivity contribution in [3.05, 3.63) is 53.9 Å². The second-order valence-corrected chi connectivity index (χ2v) is 5.40. The monoisotopic (exact) mass is 291 g/mol. The number of carboxylic acid groups (broad SMARTS) is 1. The Kier molecular flexibility index (Phi) is 4.47. The third-order valence-electron chi connectivity index (χ3n) is 2.67. The number of carboxylic acids is 1. The summed E-state index contributed by atoms with van der Waals surface area (Å²) in [5, 5.41) is 8.79. The van der Waals surface area contributed by atoms with Gasteiger partial charge in [-0.1, -0.05) is 12.1 Å². The Labute approximate surface area is 118 Å². The fraction of sp³-hybridized carbons (Fsp3) is 0.143. The third-order valence-corrected chi connectivity index (χ3v) is 4.05. The van der Waals surface area contributed by atoms with Gasteiger partial charge >= 0.3 is 5.97 Å². The zero-order chi connectivity index (χ0) is 14.5. The van der Waals surface area contributed by atoms with Crippen LogP contribution >= 0.6 is 0 Å². The fourth-order valence-corrected chi connectivity index (χ4v) is 2.86. The van der Waals surface area contributed by atoms with E-state index in [1.165, 1.54) is 19.4 Å². The van der Waals surface area contributed by atoms with Gasteiger partial charge < -0.3 is 9.84 Å². The molecule has 2 rings (SSSR count). The molecule has 1 heterocycles. The summed E-state index contributed by atoms with van der Waals surface area (Å²) < 4.78 is 17.5. The number of rotatable bonds is 5. The van der Waals surface area contributed by atoms with E-state index >= 15 is 0 Å². The van der Waals surface area contributed by atoms with E-state index in [0.717, 1.165) is 0 Å². The number of carbonyl (C=O) groups is 1. The zero-order valence-corrected chi connectivity index (χ0v) is 11.6. The summed E-state index contributed by atoms with van der Waals surface area (Å²) in [6.07, 6.45) is 1.26. The highest BCUT2D eigenvalue weighted by molar-refractivity contribution is 7.84. The van der Waals surface area contributed by atoms with Crippen LogP contribution in [0, 0.1) is 0 Å². The molecule has 0 aliphatic carbocycles. The molecule has 1 unspecified atom stereocenters. The minimum atomic E-state index is -1.30. The van der Waals surface area contributed by atoms with Gasteiger partial charge in [0.05, 0.1) is 39.8 Å². The number of para-hydroxylation sites is 1. The summed E-state index contributed by atoms with van der Waals surface area (Å²) in [5.74, 6) is -0.261. The van der Waals surface area contributed by atoms with Crippen LogP contribution in [0.4, 0.5) is 0 Å². The first kappa shape index (κ1) is 14.2. The van der Waals surface area contributed by atoms with Gasteiger partial charge in [-0.25, -0.2) is 4.79 Å². The molecule has 0 bridgehead atoms. The van der Waals surface area contributed by atoms with E-state index in [1.807, 2.05) is 0 Å². The van der Waals surface area contributed by atoms with Crippen molar-refractivity contribution >= 4 is 16.8 Å². The number of methoxy groups -OCH3 is 1. The molecular formula is C14H13NO4S. The molecule has 0 saturated heterocycles. The number of hydrogen-bond donors (Lipinski definition) is 1. The maximum atomic E-state index is 12.3. The van der Waals surface area contributed by atoms with Crippen molar-refractivity contribution in [3.63, 3.8) is 0 Å². The average Bonchev–Trinajstić information content (AvgIpc) is 2.47. The summed E-state index contributed by atoms with van der Waals surface area (Å²) in [6.45, 7) is 0. The molecule has 0 aliphatic heterocycles. The van der Waals surface area contributed by atoms with E-state index in [4.69, 9.17) is 9.84 Å². The Hall–Kier alpha value is -2.21. The molecule has 1 N–H and O–H groups in total. The normalized spacial score (nSPS) is 11.8. The van der Waals surface area contributed by atoms with Crippen molar-refractivity contribution in [2.45, 2.75) is 10.6 Å². The number of aromatic carboxylic acids is 1. The smallest absolute Gasteiger partial charge is 0.337 e. The second-order valence-electron chi connectivity index (χ2n) is 3.98. The Balaban J connectivity index is 2.17. The molecule has 0 aliphatic rings. The first-order chi connectivity index (χ1) is 9.61. The van der Waals surface area contributed by atoms with E-state index < -0.39 is 16.8 Å². The topological polar surface area (TPSA) is 76.5 Å². The van der Waals surface area contributed by atoms with Crippen LogP contribution in [-0.4, -0.2) is 27.4 Å². The van der Waals surface area contributed by atoms with E-state index in [2.05, 4.69) is 4.98 Å². The van der Waals surface area contributed by atoms with Gasteiger partial charge in [-0.3, -0.25) is 9.19 Å². The molecule has 0 amide bonds. The van der Waals surface area contributed by atoms with Crippen molar-refractivity contribution in [2.75, 3.05) is 7.11 Å². The molecule has 0 fully saturated rings. The van der Waals surface area contributed by atoms with Gasteiger partial charge in [0.25, 0.3) is 0 Å². The molecule has 0 spiro atoms. The Morgan fingerprint density at radius 3 is 2.65 bits per heavy atom. The van der Waals surface area contributed by atoms with Gasteiger partial charge in [0.15, 0.2) is 0 Å². The van der Waals surface area contributed by atoms with Crippen LogP contribution in [0.2, 0.25) is 0 Å². The van der Waals surface area contributed by atoms with E-state index in [-0.39, 0.29) is 11.3 Å². The zero-order valence-electron chi connectivity index (χ0n) is 10.8. The van der Waals surface area contributed by atoms with E-state index in [1.54, 1.807) is 30.3 Å². The van der Waals surface area contributed by atoms with Crippen molar-refractivity contribution in [1.82, 2.24) is 4.98 Å². The predicted octanol–water partition coefficient (Wildman–Crippen LogP) is 2.10. The average molecular weight is 291 g/mol. The van der Waals surface area contributed by atoms with E-state index in [0.29, 0.717) is 16.3 Å². The highest BCUT2D eigenvalue weighted by Gasteiger charge is 2.12. The summed E-state index contributed by atoms with van der Waals surface area (Å²) in [7, 11) is 0.226. The lowest BCUT2D eigenvalue weighted by Gasteiger charge is -2.07. The van der Waals surface area contributed by atoms with Crippen LogP contribution in [0.15, 0.2) is 47.5 Å². The maximum absolute atomic E-state index is 12.3. The largest absolute Gasteiger partial charge is 0.495 e. The number of pyridine rings is 1. The number of benzene rings is 1. The van der Waals surface area contributed by atoms with Crippen LogP contribution in [-0.2, 0) is 16.6 Å². The van der Waals surface area contributed by atoms with Crippen LogP contribution in [0.25, 0.3) is 0 Å². The minimum Gasteiger partial charge on any atom is -0.495 e. The molecule has 0 saturated carbocycles. The lowest BCUT2D eigenvalue weighted by molar-refractivity contribution is 0.0696.